The van der Waals surface area contributed by atoms with E-state index in [0.29, 0.717) is 24.7 Å². The number of nitrogens with zero attached hydrogens (tertiary/aromatic N) is 2. The SMILES string of the molecule is NCCC(=O)Nc1nnc(CCCOc2ccccc2)s1. The third kappa shape index (κ3) is 5.49. The lowest BCUT2D eigenvalue weighted by atomic mass is 10.3. The Balaban J connectivity index is 1.69. The second-order valence-electron chi connectivity index (χ2n) is 4.35. The van der Waals surface area contributed by atoms with Crippen LogP contribution >= 0.6 is 11.3 Å². The van der Waals surface area contributed by atoms with Crippen LogP contribution in [0.5, 0.6) is 5.75 Å². The van der Waals surface area contributed by atoms with Gasteiger partial charge in [-0.3, -0.25) is 4.79 Å². The summed E-state index contributed by atoms with van der Waals surface area (Å²) in [6.45, 7) is 0.951. The average Bonchev–Trinajstić information content (AvgIpc) is 2.92. The fraction of sp³-hybridized carbons (Fsp3) is 0.357. The van der Waals surface area contributed by atoms with Gasteiger partial charge in [0.1, 0.15) is 10.8 Å². The van der Waals surface area contributed by atoms with E-state index in [9.17, 15) is 4.79 Å². The van der Waals surface area contributed by atoms with Crippen LogP contribution in [0.2, 0.25) is 0 Å². The van der Waals surface area contributed by atoms with Crippen molar-refractivity contribution < 1.29 is 9.53 Å². The van der Waals surface area contributed by atoms with Crippen molar-refractivity contribution in [3.05, 3.63) is 35.3 Å². The van der Waals surface area contributed by atoms with E-state index in [1.54, 1.807) is 0 Å². The number of benzene rings is 1. The molecule has 3 N–H and O–H groups in total. The van der Waals surface area contributed by atoms with Gasteiger partial charge in [-0.1, -0.05) is 29.5 Å². The smallest absolute Gasteiger partial charge is 0.227 e. The van der Waals surface area contributed by atoms with Crippen LogP contribution in [-0.2, 0) is 11.2 Å². The summed E-state index contributed by atoms with van der Waals surface area (Å²) in [7, 11) is 0. The lowest BCUT2D eigenvalue weighted by Gasteiger charge is -2.04. The van der Waals surface area contributed by atoms with E-state index in [2.05, 4.69) is 15.5 Å². The van der Waals surface area contributed by atoms with Gasteiger partial charge in [-0.05, 0) is 18.6 Å². The normalized spacial score (nSPS) is 10.3. The molecule has 0 unspecified atom stereocenters. The fourth-order valence-corrected chi connectivity index (χ4v) is 2.45. The van der Waals surface area contributed by atoms with Crippen LogP contribution in [0.1, 0.15) is 17.8 Å². The number of hydrogen-bond acceptors (Lipinski definition) is 6. The average molecular weight is 306 g/mol. The van der Waals surface area contributed by atoms with Crippen LogP contribution in [-0.4, -0.2) is 29.3 Å². The Morgan fingerprint density at radius 1 is 1.29 bits per heavy atom. The molecule has 1 heterocycles. The predicted octanol–water partition coefficient (Wildman–Crippen LogP) is 1.84. The van der Waals surface area contributed by atoms with Crippen molar-refractivity contribution in [3.63, 3.8) is 0 Å². The number of nitrogens with two attached hydrogens (primary N) is 1. The second-order valence-corrected chi connectivity index (χ2v) is 5.41. The monoisotopic (exact) mass is 306 g/mol. The molecule has 0 saturated heterocycles. The highest BCUT2D eigenvalue weighted by Gasteiger charge is 2.07. The summed E-state index contributed by atoms with van der Waals surface area (Å²) >= 11 is 1.38. The summed E-state index contributed by atoms with van der Waals surface area (Å²) in [5, 5.41) is 12.1. The van der Waals surface area contributed by atoms with Gasteiger partial charge in [-0.25, -0.2) is 0 Å². The number of hydrogen-bond donors (Lipinski definition) is 2. The molecule has 0 fully saturated rings. The molecule has 7 heteroatoms. The molecule has 6 nitrogen and oxygen atoms in total. The van der Waals surface area contributed by atoms with E-state index < -0.39 is 0 Å². The molecule has 1 amide bonds. The Morgan fingerprint density at radius 2 is 2.10 bits per heavy atom. The lowest BCUT2D eigenvalue weighted by molar-refractivity contribution is -0.116. The molecule has 0 spiro atoms. The number of aromatic nitrogens is 2. The van der Waals surface area contributed by atoms with E-state index in [1.807, 2.05) is 30.3 Å². The van der Waals surface area contributed by atoms with Gasteiger partial charge < -0.3 is 15.8 Å². The topological polar surface area (TPSA) is 90.1 Å². The first-order valence-electron chi connectivity index (χ1n) is 6.78. The first-order valence-corrected chi connectivity index (χ1v) is 7.59. The minimum absolute atomic E-state index is 0.132. The first-order chi connectivity index (χ1) is 10.3. The summed E-state index contributed by atoms with van der Waals surface area (Å²) in [6.07, 6.45) is 1.91. The lowest BCUT2D eigenvalue weighted by Crippen LogP contribution is -2.15. The van der Waals surface area contributed by atoms with Crippen LogP contribution in [0, 0.1) is 0 Å². The molecule has 1 aromatic carbocycles. The van der Waals surface area contributed by atoms with E-state index in [1.165, 1.54) is 11.3 Å². The van der Waals surface area contributed by atoms with E-state index in [4.69, 9.17) is 10.5 Å². The third-order valence-electron chi connectivity index (χ3n) is 2.63. The van der Waals surface area contributed by atoms with Crippen LogP contribution < -0.4 is 15.8 Å². The van der Waals surface area contributed by atoms with Crippen LogP contribution in [0.3, 0.4) is 0 Å². The molecule has 0 atom stereocenters. The zero-order valence-corrected chi connectivity index (χ0v) is 12.4. The van der Waals surface area contributed by atoms with Crippen molar-refractivity contribution in [3.8, 4) is 5.75 Å². The molecule has 0 aliphatic carbocycles. The van der Waals surface area contributed by atoms with Crippen molar-refractivity contribution in [1.29, 1.82) is 0 Å². The van der Waals surface area contributed by atoms with Gasteiger partial charge in [0.15, 0.2) is 0 Å². The predicted molar refractivity (Wildman–Crippen MR) is 82.5 cm³/mol. The maximum absolute atomic E-state index is 11.4. The quantitative estimate of drug-likeness (QED) is 0.726. The summed E-state index contributed by atoms with van der Waals surface area (Å²) in [6, 6.07) is 9.69. The molecule has 0 radical (unpaired) electrons. The van der Waals surface area contributed by atoms with Crippen LogP contribution in [0.15, 0.2) is 30.3 Å². The molecule has 112 valence electrons. The molecular formula is C14H18N4O2S. The Hall–Kier alpha value is -1.99. The van der Waals surface area contributed by atoms with Crippen molar-refractivity contribution in [2.75, 3.05) is 18.5 Å². The highest BCUT2D eigenvalue weighted by atomic mass is 32.1. The molecule has 2 aromatic rings. The first kappa shape index (κ1) is 15.4. The Morgan fingerprint density at radius 3 is 2.86 bits per heavy atom. The third-order valence-corrected chi connectivity index (χ3v) is 3.53. The summed E-state index contributed by atoms with van der Waals surface area (Å²) < 4.78 is 5.60. The minimum Gasteiger partial charge on any atom is -0.494 e. The number of amides is 1. The molecular weight excluding hydrogens is 288 g/mol. The fourth-order valence-electron chi connectivity index (χ4n) is 1.65. The van der Waals surface area contributed by atoms with Crippen LogP contribution in [0.4, 0.5) is 5.13 Å². The highest BCUT2D eigenvalue weighted by Crippen LogP contribution is 2.17. The van der Waals surface area contributed by atoms with Crippen LogP contribution in [0.25, 0.3) is 0 Å². The standard InChI is InChI=1S/C14H18N4O2S/c15-9-8-12(19)16-14-18-17-13(21-14)7-4-10-20-11-5-2-1-3-6-11/h1-3,5-6H,4,7-10,15H2,(H,16,18,19). The number of rotatable bonds is 8. The number of carbonyl (C=O) groups is 1. The molecule has 1 aromatic heterocycles. The summed E-state index contributed by atoms with van der Waals surface area (Å²) in [5.74, 6) is 0.733. The number of carbonyl (C=O) groups excluding carboxylic acids is 1. The number of para-hydroxylation sites is 1. The molecule has 0 saturated carbocycles. The van der Waals surface area contributed by atoms with E-state index >= 15 is 0 Å². The highest BCUT2D eigenvalue weighted by molar-refractivity contribution is 7.15. The zero-order chi connectivity index (χ0) is 14.9. The van der Waals surface area contributed by atoms with Gasteiger partial charge in [0.25, 0.3) is 0 Å². The number of nitrogens with one attached hydrogen (secondary N) is 1. The van der Waals surface area contributed by atoms with Gasteiger partial charge in [0, 0.05) is 19.4 Å². The molecule has 21 heavy (non-hydrogen) atoms. The van der Waals surface area contributed by atoms with Crippen molar-refractivity contribution >= 4 is 22.4 Å². The number of anilines is 1. The maximum Gasteiger partial charge on any atom is 0.227 e. The Bertz CT molecular complexity index is 559. The second kappa shape index (κ2) is 8.33. The molecule has 0 aliphatic rings. The number of ether oxygens (including phenoxy) is 1. The molecule has 0 bridgehead atoms. The maximum atomic E-state index is 11.4. The minimum atomic E-state index is -0.132. The molecule has 0 aliphatic heterocycles. The zero-order valence-electron chi connectivity index (χ0n) is 11.6. The van der Waals surface area contributed by atoms with E-state index in [0.717, 1.165) is 23.6 Å². The van der Waals surface area contributed by atoms with Gasteiger partial charge >= 0.3 is 0 Å². The summed E-state index contributed by atoms with van der Waals surface area (Å²) in [4.78, 5) is 11.4. The van der Waals surface area contributed by atoms with Gasteiger partial charge in [-0.15, -0.1) is 10.2 Å². The van der Waals surface area contributed by atoms with Gasteiger partial charge in [0.05, 0.1) is 6.61 Å². The Labute approximate surface area is 127 Å². The Kier molecular flexibility index (Phi) is 6.11. The van der Waals surface area contributed by atoms with E-state index in [-0.39, 0.29) is 5.91 Å². The number of aryl methyl sites for hydroxylation is 1. The summed E-state index contributed by atoms with van der Waals surface area (Å²) in [5.41, 5.74) is 5.31. The van der Waals surface area contributed by atoms with Gasteiger partial charge in [0.2, 0.25) is 11.0 Å². The van der Waals surface area contributed by atoms with Crippen molar-refractivity contribution in [1.82, 2.24) is 10.2 Å². The van der Waals surface area contributed by atoms with Gasteiger partial charge in [-0.2, -0.15) is 0 Å². The van der Waals surface area contributed by atoms with Crippen molar-refractivity contribution in [2.45, 2.75) is 19.3 Å². The van der Waals surface area contributed by atoms with Crippen molar-refractivity contribution in [2.24, 2.45) is 5.73 Å². The molecule has 2 rings (SSSR count). The largest absolute Gasteiger partial charge is 0.494 e.